The minimum atomic E-state index is -0.378. The molecule has 0 aromatic heterocycles. The van der Waals surface area contributed by atoms with E-state index >= 15 is 0 Å². The molecule has 0 aliphatic carbocycles. The molecule has 0 unspecified atom stereocenters. The molecule has 178 valence electrons. The summed E-state index contributed by atoms with van der Waals surface area (Å²) in [6.45, 7) is 12.9. The second-order valence-electron chi connectivity index (χ2n) is 6.98. The average Bonchev–Trinajstić information content (AvgIpc) is 2.77. The third-order valence-corrected chi connectivity index (χ3v) is 5.91. The summed E-state index contributed by atoms with van der Waals surface area (Å²) in [5, 5.41) is 0. The highest BCUT2D eigenvalue weighted by atomic mass is 32.2. The van der Waals surface area contributed by atoms with Crippen molar-refractivity contribution in [3.63, 3.8) is 0 Å². The number of rotatable bonds is 18. The first-order valence-electron chi connectivity index (χ1n) is 10.4. The van der Waals surface area contributed by atoms with Gasteiger partial charge in [0.2, 0.25) is 0 Å². The third kappa shape index (κ3) is 14.3. The predicted molar refractivity (Wildman–Crippen MR) is 132 cm³/mol. The molecule has 0 fully saturated rings. The fourth-order valence-electron chi connectivity index (χ4n) is 2.18. The van der Waals surface area contributed by atoms with Crippen LogP contribution in [0.25, 0.3) is 0 Å². The van der Waals surface area contributed by atoms with Crippen LogP contribution in [0, 0.1) is 0 Å². The predicted octanol–water partition coefficient (Wildman–Crippen LogP) is 4.42. The van der Waals surface area contributed by atoms with Crippen LogP contribution in [-0.2, 0) is 40.0 Å². The summed E-state index contributed by atoms with van der Waals surface area (Å²) in [5.74, 6) is 2.89. The Kier molecular flexibility index (Phi) is 15.7. The summed E-state index contributed by atoms with van der Waals surface area (Å²) in [7, 11) is 0. The normalized spacial score (nSPS) is 10.6. The van der Waals surface area contributed by atoms with Crippen molar-refractivity contribution in [2.45, 2.75) is 25.4 Å². The average molecular weight is 483 g/mol. The van der Waals surface area contributed by atoms with E-state index in [9.17, 15) is 9.59 Å². The molecule has 0 atom stereocenters. The molecule has 0 spiro atoms. The fourth-order valence-corrected chi connectivity index (χ4v) is 3.80. The van der Waals surface area contributed by atoms with Crippen molar-refractivity contribution in [2.24, 2.45) is 0 Å². The smallest absolute Gasteiger partial charge is 0.333 e. The quantitative estimate of drug-likeness (QED) is 0.173. The van der Waals surface area contributed by atoms with E-state index in [1.54, 1.807) is 13.8 Å². The highest BCUT2D eigenvalue weighted by Crippen LogP contribution is 2.16. The van der Waals surface area contributed by atoms with Crippen molar-refractivity contribution < 1.29 is 28.5 Å². The Balaban J connectivity index is 1.99. The number of ether oxygens (including phenoxy) is 4. The van der Waals surface area contributed by atoms with Gasteiger partial charge in [-0.15, -0.1) is 0 Å². The van der Waals surface area contributed by atoms with Crippen molar-refractivity contribution in [2.75, 3.05) is 51.1 Å². The van der Waals surface area contributed by atoms with Crippen LogP contribution in [0.15, 0.2) is 48.6 Å². The Morgan fingerprint density at radius 2 is 1.06 bits per heavy atom. The number of thioether (sulfide) groups is 2. The second kappa shape index (κ2) is 17.8. The summed E-state index contributed by atoms with van der Waals surface area (Å²) in [6, 6.07) is 8.64. The molecule has 0 bridgehead atoms. The van der Waals surface area contributed by atoms with E-state index in [4.69, 9.17) is 18.9 Å². The molecule has 0 amide bonds. The lowest BCUT2D eigenvalue weighted by Gasteiger charge is -2.07. The zero-order valence-corrected chi connectivity index (χ0v) is 20.7. The van der Waals surface area contributed by atoms with E-state index in [1.807, 2.05) is 23.5 Å². The first kappa shape index (κ1) is 28.3. The maximum absolute atomic E-state index is 11.2. The summed E-state index contributed by atoms with van der Waals surface area (Å²) in [4.78, 5) is 22.4. The number of hydrogen-bond acceptors (Lipinski definition) is 8. The summed E-state index contributed by atoms with van der Waals surface area (Å²) < 4.78 is 20.8. The van der Waals surface area contributed by atoms with Gasteiger partial charge in [-0.1, -0.05) is 37.4 Å². The van der Waals surface area contributed by atoms with Crippen molar-refractivity contribution in [1.29, 1.82) is 0 Å². The van der Waals surface area contributed by atoms with Crippen molar-refractivity contribution in [1.82, 2.24) is 0 Å². The van der Waals surface area contributed by atoms with Gasteiger partial charge in [-0.3, -0.25) is 0 Å². The molecule has 6 nitrogen and oxygen atoms in total. The maximum Gasteiger partial charge on any atom is 0.333 e. The minimum absolute atomic E-state index is 0.257. The third-order valence-electron chi connectivity index (χ3n) is 3.92. The molecule has 1 aromatic rings. The maximum atomic E-state index is 11.2. The summed E-state index contributed by atoms with van der Waals surface area (Å²) in [6.07, 6.45) is 0. The minimum Gasteiger partial charge on any atom is -0.460 e. The van der Waals surface area contributed by atoms with Crippen LogP contribution in [0.4, 0.5) is 0 Å². The van der Waals surface area contributed by atoms with Crippen molar-refractivity contribution in [3.05, 3.63) is 59.7 Å². The van der Waals surface area contributed by atoms with Crippen molar-refractivity contribution in [3.8, 4) is 0 Å². The lowest BCUT2D eigenvalue weighted by Crippen LogP contribution is -2.11. The molecular formula is C24H34O6S2. The molecule has 8 heteroatoms. The van der Waals surface area contributed by atoms with E-state index in [2.05, 4.69) is 37.4 Å². The van der Waals surface area contributed by atoms with Gasteiger partial charge in [0, 0.05) is 34.2 Å². The summed E-state index contributed by atoms with van der Waals surface area (Å²) in [5.41, 5.74) is 3.36. The van der Waals surface area contributed by atoms with E-state index in [1.165, 1.54) is 11.1 Å². The van der Waals surface area contributed by atoms with E-state index < -0.39 is 0 Å². The molecule has 0 heterocycles. The van der Waals surface area contributed by atoms with Gasteiger partial charge in [-0.05, 0) is 25.0 Å². The Morgan fingerprint density at radius 3 is 1.41 bits per heavy atom. The van der Waals surface area contributed by atoms with Crippen LogP contribution in [0.3, 0.4) is 0 Å². The van der Waals surface area contributed by atoms with Crippen LogP contribution in [-0.4, -0.2) is 63.1 Å². The molecule has 0 N–H and O–H groups in total. The largest absolute Gasteiger partial charge is 0.460 e. The first-order chi connectivity index (χ1) is 15.4. The SMILES string of the molecule is C=C(C)C(=O)OCCOCCSCc1ccc(CSCCOCCOC(=O)C(=C)C)cc1. The number of hydrogen-bond donors (Lipinski definition) is 0. The van der Waals surface area contributed by atoms with Gasteiger partial charge in [0.15, 0.2) is 0 Å². The Hall–Kier alpha value is -1.74. The molecule has 1 aromatic carbocycles. The monoisotopic (exact) mass is 482 g/mol. The van der Waals surface area contributed by atoms with Crippen LogP contribution in [0.5, 0.6) is 0 Å². The highest BCUT2D eigenvalue weighted by molar-refractivity contribution is 7.98. The molecule has 0 aliphatic rings. The first-order valence-corrected chi connectivity index (χ1v) is 12.7. The zero-order chi connectivity index (χ0) is 23.6. The van der Waals surface area contributed by atoms with Gasteiger partial charge in [0.25, 0.3) is 0 Å². The van der Waals surface area contributed by atoms with Gasteiger partial charge in [0.05, 0.1) is 26.4 Å². The number of benzene rings is 1. The van der Waals surface area contributed by atoms with Gasteiger partial charge in [-0.25, -0.2) is 9.59 Å². The Bertz CT molecular complexity index is 657. The fraction of sp³-hybridized carbons (Fsp3) is 0.500. The number of carbonyl (C=O) groups is 2. The lowest BCUT2D eigenvalue weighted by molar-refractivity contribution is -0.141. The standard InChI is InChI=1S/C24H34O6S2/c1-19(2)23(25)29-11-9-27-13-15-31-17-21-5-7-22(8-6-21)18-32-16-14-28-10-12-30-24(26)20(3)4/h5-8H,1,3,9-18H2,2,4H3. The van der Waals surface area contributed by atoms with Crippen LogP contribution >= 0.6 is 23.5 Å². The van der Waals surface area contributed by atoms with Gasteiger partial charge >= 0.3 is 11.9 Å². The number of esters is 2. The number of carbonyl (C=O) groups excluding carboxylic acids is 2. The lowest BCUT2D eigenvalue weighted by atomic mass is 10.2. The van der Waals surface area contributed by atoms with Gasteiger partial charge in [-0.2, -0.15) is 23.5 Å². The molecule has 0 saturated heterocycles. The molecule has 1 rings (SSSR count). The van der Waals surface area contributed by atoms with Crippen LogP contribution in [0.1, 0.15) is 25.0 Å². The van der Waals surface area contributed by atoms with E-state index in [0.717, 1.165) is 23.0 Å². The second-order valence-corrected chi connectivity index (χ2v) is 9.19. The Labute approximate surface area is 200 Å². The highest BCUT2D eigenvalue weighted by Gasteiger charge is 2.03. The molecule has 0 aliphatic heterocycles. The Morgan fingerprint density at radius 1 is 0.688 bits per heavy atom. The van der Waals surface area contributed by atoms with Crippen LogP contribution < -0.4 is 0 Å². The van der Waals surface area contributed by atoms with Crippen molar-refractivity contribution >= 4 is 35.5 Å². The van der Waals surface area contributed by atoms with Gasteiger partial charge in [0.1, 0.15) is 13.2 Å². The van der Waals surface area contributed by atoms with E-state index in [-0.39, 0.29) is 25.2 Å². The molecule has 0 saturated carbocycles. The molecule has 0 radical (unpaired) electrons. The zero-order valence-electron chi connectivity index (χ0n) is 19.1. The summed E-state index contributed by atoms with van der Waals surface area (Å²) >= 11 is 3.62. The molecule has 32 heavy (non-hydrogen) atoms. The molecular weight excluding hydrogens is 448 g/mol. The topological polar surface area (TPSA) is 71.1 Å². The van der Waals surface area contributed by atoms with E-state index in [0.29, 0.717) is 37.6 Å². The van der Waals surface area contributed by atoms with Gasteiger partial charge < -0.3 is 18.9 Å². The van der Waals surface area contributed by atoms with Crippen LogP contribution in [0.2, 0.25) is 0 Å².